The van der Waals surface area contributed by atoms with Crippen LogP contribution in [0.15, 0.2) is 23.1 Å². The molecule has 0 amide bonds. The number of anilines is 1. The molecule has 1 aliphatic carbocycles. The number of thioether (sulfide) groups is 1. The van der Waals surface area contributed by atoms with Gasteiger partial charge in [0.25, 0.3) is 0 Å². The first kappa shape index (κ1) is 16.0. The van der Waals surface area contributed by atoms with Crippen LogP contribution in [0.1, 0.15) is 12.8 Å². The molecule has 1 aromatic carbocycles. The molecule has 10 heteroatoms. The maximum Gasteiger partial charge on any atom is 0.313 e. The highest BCUT2D eigenvalue weighted by atomic mass is 32.2. The van der Waals surface area contributed by atoms with E-state index in [0.29, 0.717) is 0 Å². The minimum atomic E-state index is -3.97. The van der Waals surface area contributed by atoms with Crippen LogP contribution in [0.4, 0.5) is 11.4 Å². The highest BCUT2D eigenvalue weighted by molar-refractivity contribution is 8.00. The zero-order valence-electron chi connectivity index (χ0n) is 11.3. The molecular formula is C11H16N4O4S2. The molecule has 0 aromatic heterocycles. The van der Waals surface area contributed by atoms with Gasteiger partial charge in [0.2, 0.25) is 10.0 Å². The van der Waals surface area contributed by atoms with Crippen LogP contribution in [0.2, 0.25) is 0 Å². The van der Waals surface area contributed by atoms with Gasteiger partial charge in [-0.2, -0.15) is 11.8 Å². The van der Waals surface area contributed by atoms with Crippen molar-refractivity contribution >= 4 is 33.2 Å². The third-order valence-corrected chi connectivity index (χ3v) is 6.30. The van der Waals surface area contributed by atoms with Crippen molar-refractivity contribution in [2.45, 2.75) is 22.5 Å². The minimum absolute atomic E-state index is 0.0473. The van der Waals surface area contributed by atoms with Crippen molar-refractivity contribution in [3.63, 3.8) is 0 Å². The SMILES string of the molecule is CSC1(CNS(=O)(=O)c2cccc(NN)c2[N+](=O)[O-])CC1. The first-order valence-electron chi connectivity index (χ1n) is 6.14. The monoisotopic (exact) mass is 332 g/mol. The summed E-state index contributed by atoms with van der Waals surface area (Å²) in [6.07, 6.45) is 3.79. The number of nitro groups is 1. The molecule has 1 saturated carbocycles. The molecule has 0 heterocycles. The van der Waals surface area contributed by atoms with Crippen LogP contribution in [0, 0.1) is 10.1 Å². The number of sulfonamides is 1. The Kier molecular flexibility index (Phi) is 4.42. The quantitative estimate of drug-likeness (QED) is 0.387. The average molecular weight is 332 g/mol. The van der Waals surface area contributed by atoms with E-state index < -0.39 is 20.6 Å². The number of nitrogens with zero attached hydrogens (tertiary/aromatic N) is 1. The van der Waals surface area contributed by atoms with E-state index in [4.69, 9.17) is 5.84 Å². The Morgan fingerprint density at radius 1 is 1.48 bits per heavy atom. The van der Waals surface area contributed by atoms with Gasteiger partial charge in [-0.15, -0.1) is 0 Å². The number of hydrogen-bond donors (Lipinski definition) is 3. The predicted octanol–water partition coefficient (Wildman–Crippen LogP) is 1.05. The number of nitro benzene ring substituents is 1. The zero-order valence-corrected chi connectivity index (χ0v) is 13.0. The highest BCUT2D eigenvalue weighted by Crippen LogP contribution is 2.46. The van der Waals surface area contributed by atoms with Crippen LogP contribution in [0.25, 0.3) is 0 Å². The Bertz CT molecular complexity index is 658. The van der Waals surface area contributed by atoms with E-state index >= 15 is 0 Å². The van der Waals surface area contributed by atoms with E-state index in [2.05, 4.69) is 10.1 Å². The lowest BCUT2D eigenvalue weighted by Gasteiger charge is -2.14. The molecule has 1 fully saturated rings. The van der Waals surface area contributed by atoms with E-state index in [1.807, 2.05) is 6.26 Å². The second-order valence-electron chi connectivity index (χ2n) is 4.77. The Balaban J connectivity index is 2.33. The van der Waals surface area contributed by atoms with Crippen LogP contribution in [0.5, 0.6) is 0 Å². The summed E-state index contributed by atoms with van der Waals surface area (Å²) in [5, 5.41) is 11.1. The third kappa shape index (κ3) is 3.28. The zero-order chi connectivity index (χ0) is 15.7. The summed E-state index contributed by atoms with van der Waals surface area (Å²) in [6, 6.07) is 3.94. The van der Waals surface area contributed by atoms with Crippen molar-refractivity contribution in [3.05, 3.63) is 28.3 Å². The Hall–Kier alpha value is -1.36. The Morgan fingerprint density at radius 2 is 2.14 bits per heavy atom. The maximum absolute atomic E-state index is 12.3. The van der Waals surface area contributed by atoms with Gasteiger partial charge in [0.05, 0.1) is 4.92 Å². The first-order valence-corrected chi connectivity index (χ1v) is 8.85. The van der Waals surface area contributed by atoms with E-state index in [9.17, 15) is 18.5 Å². The van der Waals surface area contributed by atoms with Crippen molar-refractivity contribution < 1.29 is 13.3 Å². The van der Waals surface area contributed by atoms with E-state index in [1.54, 1.807) is 11.8 Å². The van der Waals surface area contributed by atoms with Crippen molar-refractivity contribution in [1.82, 2.24) is 4.72 Å². The lowest BCUT2D eigenvalue weighted by Crippen LogP contribution is -2.32. The van der Waals surface area contributed by atoms with Crippen LogP contribution < -0.4 is 16.0 Å². The minimum Gasteiger partial charge on any atom is -0.318 e. The lowest BCUT2D eigenvalue weighted by molar-refractivity contribution is -0.386. The van der Waals surface area contributed by atoms with Crippen LogP contribution in [-0.4, -0.2) is 30.9 Å². The number of nitrogens with two attached hydrogens (primary N) is 1. The molecule has 0 atom stereocenters. The van der Waals surface area contributed by atoms with Gasteiger partial charge in [-0.25, -0.2) is 13.1 Å². The molecule has 116 valence electrons. The van der Waals surface area contributed by atoms with E-state index in [1.165, 1.54) is 18.2 Å². The van der Waals surface area contributed by atoms with Gasteiger partial charge in [0.15, 0.2) is 4.90 Å². The number of nitrogen functional groups attached to an aromatic ring is 1. The van der Waals surface area contributed by atoms with Crippen molar-refractivity contribution in [2.75, 3.05) is 18.2 Å². The van der Waals surface area contributed by atoms with Gasteiger partial charge < -0.3 is 5.43 Å². The molecule has 0 spiro atoms. The Labute approximate surface area is 126 Å². The van der Waals surface area contributed by atoms with Gasteiger partial charge in [0, 0.05) is 11.3 Å². The summed E-state index contributed by atoms with van der Waals surface area (Å²) < 4.78 is 27.0. The molecule has 2 rings (SSSR count). The van der Waals surface area contributed by atoms with Gasteiger partial charge >= 0.3 is 5.69 Å². The summed E-state index contributed by atoms with van der Waals surface area (Å²) in [5.41, 5.74) is 1.55. The largest absolute Gasteiger partial charge is 0.318 e. The molecular weight excluding hydrogens is 316 g/mol. The predicted molar refractivity (Wildman–Crippen MR) is 81.6 cm³/mol. The van der Waals surface area contributed by atoms with E-state index in [0.717, 1.165) is 12.8 Å². The molecule has 4 N–H and O–H groups in total. The molecule has 0 aliphatic heterocycles. The second-order valence-corrected chi connectivity index (χ2v) is 7.78. The molecule has 1 aromatic rings. The molecule has 0 bridgehead atoms. The summed E-state index contributed by atoms with van der Waals surface area (Å²) >= 11 is 1.60. The normalized spacial score (nSPS) is 16.5. The summed E-state index contributed by atoms with van der Waals surface area (Å²) in [5.74, 6) is 5.20. The van der Waals surface area contributed by atoms with Crippen molar-refractivity contribution in [1.29, 1.82) is 0 Å². The van der Waals surface area contributed by atoms with Crippen LogP contribution in [0.3, 0.4) is 0 Å². The average Bonchev–Trinajstić information content (AvgIpc) is 3.25. The number of para-hydroxylation sites is 1. The molecule has 21 heavy (non-hydrogen) atoms. The summed E-state index contributed by atoms with van der Waals surface area (Å²) in [4.78, 5) is 9.98. The standard InChI is InChI=1S/C11H16N4O4S2/c1-20-11(5-6-11)7-13-21(18,19)9-4-2-3-8(14-12)10(9)15(16)17/h2-4,13-14H,5-7,12H2,1H3. The van der Waals surface area contributed by atoms with Gasteiger partial charge in [0.1, 0.15) is 5.69 Å². The van der Waals surface area contributed by atoms with Crippen LogP contribution >= 0.6 is 11.8 Å². The van der Waals surface area contributed by atoms with Gasteiger partial charge in [-0.3, -0.25) is 16.0 Å². The number of nitrogens with one attached hydrogen (secondary N) is 2. The van der Waals surface area contributed by atoms with Crippen LogP contribution in [-0.2, 0) is 10.0 Å². The molecule has 1 aliphatic rings. The van der Waals surface area contributed by atoms with Gasteiger partial charge in [-0.1, -0.05) is 6.07 Å². The van der Waals surface area contributed by atoms with Crippen molar-refractivity contribution in [3.8, 4) is 0 Å². The topological polar surface area (TPSA) is 127 Å². The first-order chi connectivity index (χ1) is 9.85. The number of benzene rings is 1. The third-order valence-electron chi connectivity index (χ3n) is 3.45. The van der Waals surface area contributed by atoms with Crippen molar-refractivity contribution in [2.24, 2.45) is 5.84 Å². The molecule has 0 radical (unpaired) electrons. The maximum atomic E-state index is 12.3. The fraction of sp³-hybridized carbons (Fsp3) is 0.455. The molecule has 8 nitrogen and oxygen atoms in total. The summed E-state index contributed by atoms with van der Waals surface area (Å²) in [6.45, 7) is 0.258. The molecule has 0 unspecified atom stereocenters. The Morgan fingerprint density at radius 3 is 2.62 bits per heavy atom. The fourth-order valence-corrected chi connectivity index (χ4v) is 4.08. The molecule has 0 saturated heterocycles. The van der Waals surface area contributed by atoms with E-state index in [-0.39, 0.29) is 21.9 Å². The number of rotatable bonds is 7. The number of hydrazine groups is 1. The second kappa shape index (κ2) is 5.79. The fourth-order valence-electron chi connectivity index (χ4n) is 1.94. The smallest absolute Gasteiger partial charge is 0.313 e. The van der Waals surface area contributed by atoms with Gasteiger partial charge in [-0.05, 0) is 31.2 Å². The lowest BCUT2D eigenvalue weighted by atomic mass is 10.3. The highest BCUT2D eigenvalue weighted by Gasteiger charge is 2.43. The number of hydrogen-bond acceptors (Lipinski definition) is 7. The summed E-state index contributed by atoms with van der Waals surface area (Å²) in [7, 11) is -3.97.